The van der Waals surface area contributed by atoms with Crippen LogP contribution in [0.2, 0.25) is 0 Å². The molecule has 0 saturated carbocycles. The first-order chi connectivity index (χ1) is 11.4. The van der Waals surface area contributed by atoms with Gasteiger partial charge in [0.05, 0.1) is 21.5 Å². The van der Waals surface area contributed by atoms with Crippen LogP contribution in [0.5, 0.6) is 0 Å². The van der Waals surface area contributed by atoms with Crippen LogP contribution in [-0.4, -0.2) is 20.9 Å². The molecule has 24 heavy (non-hydrogen) atoms. The van der Waals surface area contributed by atoms with Crippen molar-refractivity contribution in [3.05, 3.63) is 74.3 Å². The number of non-ortho nitro benzene ring substituents is 2. The molecule has 2 aromatic rings. The van der Waals surface area contributed by atoms with E-state index in [2.05, 4.69) is 10.6 Å². The minimum atomic E-state index is -0.815. The Kier molecular flexibility index (Phi) is 5.12. The monoisotopic (exact) mass is 346 g/mol. The summed E-state index contributed by atoms with van der Waals surface area (Å²) in [5, 5.41) is 26.7. The molecule has 0 radical (unpaired) electrons. The molecule has 0 bridgehead atoms. The Morgan fingerprint density at radius 1 is 0.958 bits per heavy atom. The molecule has 0 aliphatic carbocycles. The van der Waals surface area contributed by atoms with E-state index in [0.717, 1.165) is 18.2 Å². The van der Waals surface area contributed by atoms with Gasteiger partial charge in [0.2, 0.25) is 0 Å². The summed E-state index contributed by atoms with van der Waals surface area (Å²) in [6.07, 6.45) is 0. The molecule has 0 saturated heterocycles. The number of thiocarbonyl (C=S) groups is 1. The van der Waals surface area contributed by atoms with Gasteiger partial charge < -0.3 is 5.32 Å². The molecule has 9 nitrogen and oxygen atoms in total. The van der Waals surface area contributed by atoms with Crippen molar-refractivity contribution in [3.8, 4) is 0 Å². The third kappa shape index (κ3) is 4.30. The van der Waals surface area contributed by atoms with Crippen molar-refractivity contribution in [3.63, 3.8) is 0 Å². The molecule has 0 aromatic heterocycles. The lowest BCUT2D eigenvalue weighted by Gasteiger charge is -2.09. The van der Waals surface area contributed by atoms with Crippen LogP contribution in [0.15, 0.2) is 48.5 Å². The van der Waals surface area contributed by atoms with Gasteiger partial charge in [0.15, 0.2) is 5.11 Å². The number of amides is 1. The van der Waals surface area contributed by atoms with Gasteiger partial charge >= 0.3 is 0 Å². The number of nitro groups is 2. The summed E-state index contributed by atoms with van der Waals surface area (Å²) in [6.45, 7) is 0. The van der Waals surface area contributed by atoms with E-state index in [1.165, 1.54) is 0 Å². The molecular weight excluding hydrogens is 336 g/mol. The smallest absolute Gasteiger partial charge is 0.277 e. The Labute approximate surface area is 140 Å². The Bertz CT molecular complexity index is 793. The predicted molar refractivity (Wildman–Crippen MR) is 89.9 cm³/mol. The number of anilines is 1. The third-order valence-electron chi connectivity index (χ3n) is 2.85. The van der Waals surface area contributed by atoms with E-state index >= 15 is 0 Å². The van der Waals surface area contributed by atoms with Gasteiger partial charge in [-0.25, -0.2) is 0 Å². The molecule has 2 rings (SSSR count). The average molecular weight is 346 g/mol. The molecule has 0 unspecified atom stereocenters. The van der Waals surface area contributed by atoms with Crippen molar-refractivity contribution in [2.45, 2.75) is 0 Å². The first kappa shape index (κ1) is 17.0. The number of hydrogen-bond acceptors (Lipinski definition) is 6. The van der Waals surface area contributed by atoms with Crippen molar-refractivity contribution in [2.75, 3.05) is 5.32 Å². The second-order valence-electron chi connectivity index (χ2n) is 4.53. The van der Waals surface area contributed by atoms with E-state index in [1.807, 2.05) is 0 Å². The van der Waals surface area contributed by atoms with Crippen LogP contribution in [0.4, 0.5) is 17.1 Å². The van der Waals surface area contributed by atoms with Gasteiger partial charge in [0, 0.05) is 17.8 Å². The molecule has 0 fully saturated rings. The molecule has 1 amide bonds. The fraction of sp³-hybridized carbons (Fsp3) is 0. The summed E-state index contributed by atoms with van der Waals surface area (Å²) in [4.78, 5) is 32.1. The maximum Gasteiger partial charge on any atom is 0.277 e. The fourth-order valence-electron chi connectivity index (χ4n) is 1.80. The lowest BCUT2D eigenvalue weighted by atomic mass is 10.1. The van der Waals surface area contributed by atoms with Crippen LogP contribution in [0.1, 0.15) is 10.4 Å². The van der Waals surface area contributed by atoms with E-state index in [1.54, 1.807) is 30.3 Å². The number of nitrogens with zero attached hydrogens (tertiary/aromatic N) is 2. The number of nitro benzene ring substituents is 2. The summed E-state index contributed by atoms with van der Waals surface area (Å²) in [5.41, 5.74) is -0.728. The highest BCUT2D eigenvalue weighted by atomic mass is 32.1. The highest BCUT2D eigenvalue weighted by molar-refractivity contribution is 7.80. The Morgan fingerprint density at radius 3 is 2.00 bits per heavy atom. The predicted octanol–water partition coefficient (Wildman–Crippen LogP) is 2.63. The molecule has 0 heterocycles. The molecule has 10 heteroatoms. The summed E-state index contributed by atoms with van der Waals surface area (Å²) in [6, 6.07) is 11.4. The summed E-state index contributed by atoms with van der Waals surface area (Å²) >= 11 is 4.97. The van der Waals surface area contributed by atoms with Gasteiger partial charge in [-0.05, 0) is 24.4 Å². The molecule has 2 aromatic carbocycles. The van der Waals surface area contributed by atoms with Gasteiger partial charge in [-0.15, -0.1) is 0 Å². The number of rotatable bonds is 4. The lowest BCUT2D eigenvalue weighted by molar-refractivity contribution is -0.394. The Morgan fingerprint density at radius 2 is 1.50 bits per heavy atom. The second kappa shape index (κ2) is 7.24. The minimum Gasteiger partial charge on any atom is -0.332 e. The molecule has 0 spiro atoms. The quantitative estimate of drug-likeness (QED) is 0.495. The Hall–Kier alpha value is -3.40. The molecule has 122 valence electrons. The molecule has 2 N–H and O–H groups in total. The molecule has 0 aliphatic rings. The van der Waals surface area contributed by atoms with Crippen LogP contribution >= 0.6 is 12.2 Å². The number of carbonyl (C=O) groups excluding carboxylic acids is 1. The molecule has 0 atom stereocenters. The highest BCUT2D eigenvalue weighted by Crippen LogP contribution is 2.22. The van der Waals surface area contributed by atoms with E-state index in [4.69, 9.17) is 12.2 Å². The average Bonchev–Trinajstić information content (AvgIpc) is 2.55. The largest absolute Gasteiger partial charge is 0.332 e. The number of hydrogen-bond donors (Lipinski definition) is 2. The normalized spacial score (nSPS) is 9.83. The number of para-hydroxylation sites is 1. The van der Waals surface area contributed by atoms with Crippen LogP contribution in [0.25, 0.3) is 0 Å². The van der Waals surface area contributed by atoms with Gasteiger partial charge in [-0.1, -0.05) is 18.2 Å². The van der Waals surface area contributed by atoms with Crippen molar-refractivity contribution >= 4 is 40.3 Å². The number of benzene rings is 2. The topological polar surface area (TPSA) is 127 Å². The highest BCUT2D eigenvalue weighted by Gasteiger charge is 2.20. The molecular formula is C14H10N4O5S. The third-order valence-corrected chi connectivity index (χ3v) is 3.05. The van der Waals surface area contributed by atoms with E-state index < -0.39 is 27.1 Å². The summed E-state index contributed by atoms with van der Waals surface area (Å²) in [5.74, 6) is -0.796. The van der Waals surface area contributed by atoms with Gasteiger partial charge in [-0.3, -0.25) is 30.3 Å². The summed E-state index contributed by atoms with van der Waals surface area (Å²) < 4.78 is 0. The minimum absolute atomic E-state index is 0.0413. The number of carbonyl (C=O) groups is 1. The maximum atomic E-state index is 12.1. The van der Waals surface area contributed by atoms with E-state index in [-0.39, 0.29) is 10.7 Å². The fourth-order valence-corrected chi connectivity index (χ4v) is 2.01. The summed E-state index contributed by atoms with van der Waals surface area (Å²) in [7, 11) is 0. The lowest BCUT2D eigenvalue weighted by Crippen LogP contribution is -2.34. The van der Waals surface area contributed by atoms with Gasteiger partial charge in [0.25, 0.3) is 17.3 Å². The maximum absolute atomic E-state index is 12.1. The number of nitrogens with one attached hydrogen (secondary N) is 2. The van der Waals surface area contributed by atoms with Gasteiger partial charge in [0.1, 0.15) is 0 Å². The van der Waals surface area contributed by atoms with E-state index in [0.29, 0.717) is 5.69 Å². The zero-order valence-electron chi connectivity index (χ0n) is 12.0. The van der Waals surface area contributed by atoms with Crippen LogP contribution in [-0.2, 0) is 0 Å². The van der Waals surface area contributed by atoms with Crippen molar-refractivity contribution in [1.82, 2.24) is 5.32 Å². The van der Waals surface area contributed by atoms with Gasteiger partial charge in [-0.2, -0.15) is 0 Å². The van der Waals surface area contributed by atoms with Crippen LogP contribution < -0.4 is 10.6 Å². The second-order valence-corrected chi connectivity index (χ2v) is 4.93. The zero-order chi connectivity index (χ0) is 17.7. The first-order valence-corrected chi connectivity index (χ1v) is 6.89. The zero-order valence-corrected chi connectivity index (χ0v) is 12.8. The van der Waals surface area contributed by atoms with Crippen molar-refractivity contribution < 1.29 is 14.6 Å². The van der Waals surface area contributed by atoms with E-state index in [9.17, 15) is 25.0 Å². The molecule has 0 aliphatic heterocycles. The Balaban J connectivity index is 2.18. The SMILES string of the molecule is O=C(NC(=S)Nc1ccccc1)c1cc([N+](=O)[O-])cc([N+](=O)[O-])c1. The van der Waals surface area contributed by atoms with Crippen molar-refractivity contribution in [1.29, 1.82) is 0 Å². The van der Waals surface area contributed by atoms with Crippen molar-refractivity contribution in [2.24, 2.45) is 0 Å². The standard InChI is InChI=1S/C14H10N4O5S/c19-13(16-14(24)15-10-4-2-1-3-5-10)9-6-11(17(20)21)8-12(7-9)18(22)23/h1-8H,(H2,15,16,19,24). The van der Waals surface area contributed by atoms with Crippen LogP contribution in [0, 0.1) is 20.2 Å². The van der Waals surface area contributed by atoms with Crippen LogP contribution in [0.3, 0.4) is 0 Å². The first-order valence-electron chi connectivity index (χ1n) is 6.48.